The fourth-order valence-corrected chi connectivity index (χ4v) is 3.48. The molecule has 3 aromatic rings. The van der Waals surface area contributed by atoms with Gasteiger partial charge in [-0.05, 0) is 42.7 Å². The molecule has 1 aromatic carbocycles. The first kappa shape index (κ1) is 19.3. The molecule has 4 rings (SSSR count). The first-order chi connectivity index (χ1) is 14.4. The Morgan fingerprint density at radius 2 is 2.03 bits per heavy atom. The maximum absolute atomic E-state index is 12.9. The lowest BCUT2D eigenvalue weighted by Crippen LogP contribution is -2.37. The number of nitriles is 1. The number of hydrogen-bond acceptors (Lipinski definition) is 8. The highest BCUT2D eigenvalue weighted by atomic mass is 16.5. The van der Waals surface area contributed by atoms with Gasteiger partial charge in [0.1, 0.15) is 11.2 Å². The highest BCUT2D eigenvalue weighted by molar-refractivity contribution is 6.01. The molecular formula is C20H19N7O3. The molecule has 0 unspecified atom stereocenters. The van der Waals surface area contributed by atoms with E-state index < -0.39 is 11.2 Å². The molecule has 0 bridgehead atoms. The van der Waals surface area contributed by atoms with Gasteiger partial charge in [0.2, 0.25) is 11.9 Å². The van der Waals surface area contributed by atoms with Gasteiger partial charge in [0, 0.05) is 24.0 Å². The third-order valence-electron chi connectivity index (χ3n) is 5.31. The van der Waals surface area contributed by atoms with E-state index in [0.717, 1.165) is 0 Å². The minimum absolute atomic E-state index is 0.0856. The molecule has 1 amide bonds. The van der Waals surface area contributed by atoms with Gasteiger partial charge in [-0.15, -0.1) is 0 Å². The molecule has 1 fully saturated rings. The molecular weight excluding hydrogens is 386 g/mol. The third-order valence-corrected chi connectivity index (χ3v) is 5.31. The van der Waals surface area contributed by atoms with Crippen molar-refractivity contribution in [1.29, 1.82) is 5.26 Å². The Bertz CT molecular complexity index is 1180. The second kappa shape index (κ2) is 7.44. The number of benzene rings is 1. The molecule has 30 heavy (non-hydrogen) atoms. The number of carbonyl (C=O) groups excluding carboxylic acids is 1. The number of anilines is 3. The summed E-state index contributed by atoms with van der Waals surface area (Å²) in [4.78, 5) is 36.7. The van der Waals surface area contributed by atoms with Crippen LogP contribution < -0.4 is 16.0 Å². The van der Waals surface area contributed by atoms with Crippen LogP contribution in [0.25, 0.3) is 11.4 Å². The van der Waals surface area contributed by atoms with Crippen molar-refractivity contribution in [2.75, 3.05) is 16.8 Å². The van der Waals surface area contributed by atoms with E-state index in [-0.39, 0.29) is 11.8 Å². The normalized spacial score (nSPS) is 18.6. The SMILES string of the molecule is CC(C)[C@]1(C#N)CCN(c2ccnc(Nc3ccc(-c4noc(=O)[nH]4)cc3)n2)C1=O. The zero-order valence-corrected chi connectivity index (χ0v) is 16.4. The van der Waals surface area contributed by atoms with Gasteiger partial charge >= 0.3 is 5.76 Å². The second-order valence-corrected chi connectivity index (χ2v) is 7.33. The van der Waals surface area contributed by atoms with Crippen molar-refractivity contribution in [3.05, 3.63) is 47.1 Å². The molecule has 1 aliphatic heterocycles. The topological polar surface area (TPSA) is 141 Å². The van der Waals surface area contributed by atoms with Crippen LogP contribution >= 0.6 is 0 Å². The van der Waals surface area contributed by atoms with E-state index >= 15 is 0 Å². The van der Waals surface area contributed by atoms with Gasteiger partial charge in [-0.3, -0.25) is 19.2 Å². The summed E-state index contributed by atoms with van der Waals surface area (Å²) in [6.07, 6.45) is 2.03. The molecule has 10 heteroatoms. The molecule has 0 spiro atoms. The van der Waals surface area contributed by atoms with Gasteiger partial charge in [-0.25, -0.2) is 9.78 Å². The van der Waals surface area contributed by atoms with Crippen molar-refractivity contribution in [2.24, 2.45) is 11.3 Å². The predicted octanol–water partition coefficient (Wildman–Crippen LogP) is 2.47. The molecule has 10 nitrogen and oxygen atoms in total. The van der Waals surface area contributed by atoms with Gasteiger partial charge in [0.05, 0.1) is 6.07 Å². The van der Waals surface area contributed by atoms with Crippen molar-refractivity contribution in [2.45, 2.75) is 20.3 Å². The first-order valence-electron chi connectivity index (χ1n) is 9.42. The zero-order chi connectivity index (χ0) is 21.3. The standard InChI is InChI=1S/C20H19N7O3/c1-12(2)20(11-21)8-10-27(17(20)28)15-7-9-22-18(24-15)23-14-5-3-13(4-6-14)16-25-19(29)30-26-16/h3-7,9,12H,8,10H2,1-2H3,(H,22,23,24)(H,25,26,29)/t20-/m1/s1. The lowest BCUT2D eigenvalue weighted by molar-refractivity contribution is -0.124. The van der Waals surface area contributed by atoms with E-state index in [2.05, 4.69) is 36.0 Å². The summed E-state index contributed by atoms with van der Waals surface area (Å²) in [5, 5.41) is 16.3. The first-order valence-corrected chi connectivity index (χ1v) is 9.42. The molecule has 152 valence electrons. The van der Waals surface area contributed by atoms with E-state index in [1.54, 1.807) is 41.4 Å². The monoisotopic (exact) mass is 405 g/mol. The number of nitrogens with zero attached hydrogens (tertiary/aromatic N) is 5. The number of nitrogens with one attached hydrogen (secondary N) is 2. The highest BCUT2D eigenvalue weighted by Gasteiger charge is 2.50. The van der Waals surface area contributed by atoms with Crippen LogP contribution in [0.5, 0.6) is 0 Å². The lowest BCUT2D eigenvalue weighted by atomic mass is 9.77. The number of hydrogen-bond donors (Lipinski definition) is 2. The maximum Gasteiger partial charge on any atom is 0.439 e. The summed E-state index contributed by atoms with van der Waals surface area (Å²) in [7, 11) is 0. The van der Waals surface area contributed by atoms with Crippen molar-refractivity contribution >= 4 is 23.4 Å². The predicted molar refractivity (Wildman–Crippen MR) is 108 cm³/mol. The second-order valence-electron chi connectivity index (χ2n) is 7.33. The molecule has 2 aromatic heterocycles. The van der Waals surface area contributed by atoms with Crippen molar-refractivity contribution in [3.8, 4) is 17.5 Å². The Hall–Kier alpha value is -4.00. The van der Waals surface area contributed by atoms with Crippen LogP contribution in [0.4, 0.5) is 17.5 Å². The van der Waals surface area contributed by atoms with E-state index in [1.165, 1.54) is 0 Å². The fourth-order valence-electron chi connectivity index (χ4n) is 3.48. The van der Waals surface area contributed by atoms with Crippen LogP contribution in [-0.4, -0.2) is 32.6 Å². The molecule has 1 atom stereocenters. The van der Waals surface area contributed by atoms with Gasteiger partial charge < -0.3 is 5.32 Å². The largest absolute Gasteiger partial charge is 0.439 e. The fraction of sp³-hybridized carbons (Fsp3) is 0.300. The Labute approximate surface area is 171 Å². The van der Waals surface area contributed by atoms with Crippen molar-refractivity contribution in [3.63, 3.8) is 0 Å². The van der Waals surface area contributed by atoms with Gasteiger partial charge in [-0.2, -0.15) is 10.2 Å². The van der Waals surface area contributed by atoms with Gasteiger partial charge in [0.25, 0.3) is 0 Å². The molecule has 3 heterocycles. The highest BCUT2D eigenvalue weighted by Crippen LogP contribution is 2.40. The van der Waals surface area contributed by atoms with E-state index in [9.17, 15) is 14.9 Å². The zero-order valence-electron chi connectivity index (χ0n) is 16.4. The number of aromatic amines is 1. The van der Waals surface area contributed by atoms with Crippen LogP contribution in [0.3, 0.4) is 0 Å². The molecule has 0 radical (unpaired) electrons. The summed E-state index contributed by atoms with van der Waals surface area (Å²) < 4.78 is 4.50. The quantitative estimate of drug-likeness (QED) is 0.659. The number of H-pyrrole nitrogens is 1. The number of rotatable bonds is 5. The average molecular weight is 405 g/mol. The maximum atomic E-state index is 12.9. The summed E-state index contributed by atoms with van der Waals surface area (Å²) in [6, 6.07) is 10.9. The number of carbonyl (C=O) groups is 1. The Balaban J connectivity index is 1.53. The van der Waals surface area contributed by atoms with Crippen molar-refractivity contribution < 1.29 is 9.32 Å². The minimum atomic E-state index is -1.02. The smallest absolute Gasteiger partial charge is 0.324 e. The van der Waals surface area contributed by atoms with E-state index in [4.69, 9.17) is 0 Å². The van der Waals surface area contributed by atoms with Crippen LogP contribution in [0.1, 0.15) is 20.3 Å². The number of amides is 1. The van der Waals surface area contributed by atoms with Gasteiger partial charge in [0.15, 0.2) is 5.82 Å². The summed E-state index contributed by atoms with van der Waals surface area (Å²) in [5.41, 5.74) is 0.379. The molecule has 1 aliphatic rings. The summed E-state index contributed by atoms with van der Waals surface area (Å²) in [6.45, 7) is 4.21. The molecule has 0 aliphatic carbocycles. The third kappa shape index (κ3) is 3.30. The Morgan fingerprint density at radius 3 is 2.63 bits per heavy atom. The van der Waals surface area contributed by atoms with Crippen LogP contribution in [0, 0.1) is 22.7 Å². The van der Waals surface area contributed by atoms with Gasteiger partial charge in [-0.1, -0.05) is 19.0 Å². The minimum Gasteiger partial charge on any atom is -0.324 e. The summed E-state index contributed by atoms with van der Waals surface area (Å²) in [5.74, 6) is 0.178. The molecule has 2 N–H and O–H groups in total. The Kier molecular flexibility index (Phi) is 4.79. The Morgan fingerprint density at radius 1 is 1.27 bits per heavy atom. The van der Waals surface area contributed by atoms with E-state index in [0.29, 0.717) is 41.8 Å². The van der Waals surface area contributed by atoms with Crippen LogP contribution in [-0.2, 0) is 4.79 Å². The van der Waals surface area contributed by atoms with Crippen molar-refractivity contribution in [1.82, 2.24) is 20.1 Å². The van der Waals surface area contributed by atoms with Crippen LogP contribution in [0.15, 0.2) is 45.8 Å². The molecule has 1 saturated heterocycles. The lowest BCUT2D eigenvalue weighted by Gasteiger charge is -2.24. The molecule has 0 saturated carbocycles. The van der Waals surface area contributed by atoms with Crippen LogP contribution in [0.2, 0.25) is 0 Å². The van der Waals surface area contributed by atoms with E-state index in [1.807, 2.05) is 13.8 Å². The summed E-state index contributed by atoms with van der Waals surface area (Å²) >= 11 is 0. The number of aromatic nitrogens is 4. The average Bonchev–Trinajstić information content (AvgIpc) is 3.32.